The molecule has 1 unspecified atom stereocenters. The molecule has 0 aromatic heterocycles. The summed E-state index contributed by atoms with van der Waals surface area (Å²) in [5.74, 6) is 0.547. The second-order valence-corrected chi connectivity index (χ2v) is 6.35. The largest absolute Gasteiger partial charge is 0.276 e. The summed E-state index contributed by atoms with van der Waals surface area (Å²) >= 11 is 5.27. The van der Waals surface area contributed by atoms with E-state index in [2.05, 4.69) is 33.8 Å². The zero-order valence-corrected chi connectivity index (χ0v) is 12.5. The highest BCUT2D eigenvalue weighted by molar-refractivity contribution is 6.66. The average molecular weight is 257 g/mol. The molecule has 0 amide bonds. The van der Waals surface area contributed by atoms with E-state index in [1.54, 1.807) is 0 Å². The van der Waals surface area contributed by atoms with Crippen LogP contribution in [0.2, 0.25) is 0 Å². The van der Waals surface area contributed by atoms with Gasteiger partial charge in [-0.05, 0) is 48.3 Å². The average Bonchev–Trinajstić information content (AvgIpc) is 2.11. The van der Waals surface area contributed by atoms with Crippen molar-refractivity contribution < 1.29 is 4.79 Å². The zero-order valence-electron chi connectivity index (χ0n) is 11.7. The maximum atomic E-state index is 10.6. The second kappa shape index (κ2) is 7.71. The number of allylic oxidation sites excluding steroid dienone is 4. The number of rotatable bonds is 6. The van der Waals surface area contributed by atoms with Gasteiger partial charge >= 0.3 is 0 Å². The lowest BCUT2D eigenvalue weighted by atomic mass is 9.88. The third-order valence-corrected chi connectivity index (χ3v) is 2.72. The first kappa shape index (κ1) is 16.4. The minimum absolute atomic E-state index is 0.410. The van der Waals surface area contributed by atoms with Crippen LogP contribution >= 0.6 is 11.6 Å². The van der Waals surface area contributed by atoms with Crippen LogP contribution in [0.25, 0.3) is 0 Å². The summed E-state index contributed by atoms with van der Waals surface area (Å²) in [4.78, 5) is 10.6. The quantitative estimate of drug-likeness (QED) is 0.367. The van der Waals surface area contributed by atoms with Gasteiger partial charge in [-0.2, -0.15) is 0 Å². The van der Waals surface area contributed by atoms with Crippen molar-refractivity contribution in [2.45, 2.75) is 53.9 Å². The molecule has 0 aromatic carbocycles. The predicted molar refractivity (Wildman–Crippen MR) is 76.2 cm³/mol. The van der Waals surface area contributed by atoms with Crippen LogP contribution in [0, 0.1) is 11.3 Å². The Morgan fingerprint density at radius 1 is 1.35 bits per heavy atom. The first-order chi connectivity index (χ1) is 7.70. The Balaban J connectivity index is 3.98. The van der Waals surface area contributed by atoms with Crippen molar-refractivity contribution in [3.05, 3.63) is 23.8 Å². The van der Waals surface area contributed by atoms with Crippen molar-refractivity contribution in [2.75, 3.05) is 0 Å². The Labute approximate surface area is 111 Å². The van der Waals surface area contributed by atoms with Gasteiger partial charge in [0.25, 0.3) is 0 Å². The van der Waals surface area contributed by atoms with Crippen LogP contribution in [-0.2, 0) is 4.79 Å². The van der Waals surface area contributed by atoms with Gasteiger partial charge < -0.3 is 0 Å². The Bertz CT molecular complexity index is 295. The molecule has 0 fully saturated rings. The fourth-order valence-corrected chi connectivity index (χ4v) is 1.77. The lowest BCUT2D eigenvalue weighted by Gasteiger charge is -2.18. The van der Waals surface area contributed by atoms with E-state index < -0.39 is 5.24 Å². The van der Waals surface area contributed by atoms with Gasteiger partial charge in [-0.25, -0.2) is 0 Å². The summed E-state index contributed by atoms with van der Waals surface area (Å²) in [6.07, 6.45) is 9.25. The fourth-order valence-electron chi connectivity index (χ4n) is 1.59. The van der Waals surface area contributed by atoms with Crippen molar-refractivity contribution in [2.24, 2.45) is 11.3 Å². The van der Waals surface area contributed by atoms with E-state index in [0.29, 0.717) is 11.3 Å². The molecule has 0 aliphatic carbocycles. The van der Waals surface area contributed by atoms with E-state index in [9.17, 15) is 4.79 Å². The number of hydrogen-bond acceptors (Lipinski definition) is 1. The first-order valence-electron chi connectivity index (χ1n) is 6.26. The van der Waals surface area contributed by atoms with Crippen LogP contribution in [0.5, 0.6) is 0 Å². The molecule has 1 nitrogen and oxygen atoms in total. The minimum Gasteiger partial charge on any atom is -0.276 e. The molecule has 17 heavy (non-hydrogen) atoms. The van der Waals surface area contributed by atoms with Crippen molar-refractivity contribution in [3.8, 4) is 0 Å². The lowest BCUT2D eigenvalue weighted by molar-refractivity contribution is -0.107. The molecule has 0 rings (SSSR count). The van der Waals surface area contributed by atoms with Gasteiger partial charge in [0.1, 0.15) is 0 Å². The van der Waals surface area contributed by atoms with E-state index in [1.165, 1.54) is 25.3 Å². The number of halogens is 1. The topological polar surface area (TPSA) is 17.1 Å². The molecule has 0 saturated carbocycles. The lowest BCUT2D eigenvalue weighted by Crippen LogP contribution is -2.05. The van der Waals surface area contributed by atoms with Gasteiger partial charge in [-0.15, -0.1) is 0 Å². The van der Waals surface area contributed by atoms with E-state index in [4.69, 9.17) is 11.6 Å². The summed E-state index contributed by atoms with van der Waals surface area (Å²) in [6, 6.07) is 0. The summed E-state index contributed by atoms with van der Waals surface area (Å²) in [7, 11) is 0. The zero-order chi connectivity index (χ0) is 13.5. The van der Waals surface area contributed by atoms with Crippen molar-refractivity contribution in [1.82, 2.24) is 0 Å². The van der Waals surface area contributed by atoms with E-state index >= 15 is 0 Å². The first-order valence-corrected chi connectivity index (χ1v) is 6.64. The number of carbonyl (C=O) groups is 1. The van der Waals surface area contributed by atoms with E-state index in [-0.39, 0.29) is 0 Å². The molecule has 0 aliphatic heterocycles. The Hall–Kier alpha value is -0.560. The van der Waals surface area contributed by atoms with Crippen molar-refractivity contribution in [3.63, 3.8) is 0 Å². The molecule has 98 valence electrons. The van der Waals surface area contributed by atoms with Gasteiger partial charge in [0, 0.05) is 6.08 Å². The Morgan fingerprint density at radius 2 is 1.94 bits per heavy atom. The molecular formula is C15H25ClO. The standard InChI is InChI=1S/C15H25ClO/c1-12(7-6-10-15(3,4)5)8-9-13(2)11-14(16)17/h8-9,11-12H,6-7,10H2,1-5H3/b9-8+,13-11+. The SMILES string of the molecule is CC(/C=C/C(C)CCCC(C)(C)C)=C\C(=O)Cl. The van der Waals surface area contributed by atoms with Gasteiger partial charge in [-0.3, -0.25) is 4.79 Å². The van der Waals surface area contributed by atoms with Crippen molar-refractivity contribution in [1.29, 1.82) is 0 Å². The molecule has 0 heterocycles. The van der Waals surface area contributed by atoms with E-state index in [1.807, 2.05) is 13.0 Å². The highest BCUT2D eigenvalue weighted by atomic mass is 35.5. The van der Waals surface area contributed by atoms with Gasteiger partial charge in [0.2, 0.25) is 5.24 Å². The molecule has 0 N–H and O–H groups in total. The maximum absolute atomic E-state index is 10.6. The fraction of sp³-hybridized carbons (Fsp3) is 0.667. The summed E-state index contributed by atoms with van der Waals surface area (Å²) in [5.41, 5.74) is 1.33. The molecule has 0 bridgehead atoms. The monoisotopic (exact) mass is 256 g/mol. The maximum Gasteiger partial charge on any atom is 0.245 e. The molecule has 2 heteroatoms. The molecule has 0 aromatic rings. The van der Waals surface area contributed by atoms with E-state index in [0.717, 1.165) is 5.57 Å². The number of hydrogen-bond donors (Lipinski definition) is 0. The van der Waals surface area contributed by atoms with Crippen LogP contribution in [0.3, 0.4) is 0 Å². The minimum atomic E-state index is -0.410. The number of carbonyl (C=O) groups excluding carboxylic acids is 1. The molecule has 0 saturated heterocycles. The highest BCUT2D eigenvalue weighted by Crippen LogP contribution is 2.23. The van der Waals surface area contributed by atoms with Gasteiger partial charge in [-0.1, -0.05) is 46.3 Å². The molecular weight excluding hydrogens is 232 g/mol. The third-order valence-electron chi connectivity index (χ3n) is 2.62. The van der Waals surface area contributed by atoms with Gasteiger partial charge in [0.05, 0.1) is 0 Å². The third kappa shape index (κ3) is 11.7. The van der Waals surface area contributed by atoms with Crippen LogP contribution in [0.4, 0.5) is 0 Å². The Morgan fingerprint density at radius 3 is 2.41 bits per heavy atom. The summed E-state index contributed by atoms with van der Waals surface area (Å²) < 4.78 is 0. The molecule has 0 aliphatic rings. The Kier molecular flexibility index (Phi) is 7.45. The normalized spacial score (nSPS) is 15.3. The van der Waals surface area contributed by atoms with Crippen LogP contribution in [-0.4, -0.2) is 5.24 Å². The predicted octanol–water partition coefficient (Wildman–Crippen LogP) is 5.11. The van der Waals surface area contributed by atoms with Crippen LogP contribution in [0.1, 0.15) is 53.9 Å². The van der Waals surface area contributed by atoms with Crippen LogP contribution in [0.15, 0.2) is 23.8 Å². The smallest absolute Gasteiger partial charge is 0.245 e. The molecule has 0 radical (unpaired) electrons. The summed E-state index contributed by atoms with van der Waals surface area (Å²) in [5, 5.41) is -0.410. The van der Waals surface area contributed by atoms with Gasteiger partial charge in [0.15, 0.2) is 0 Å². The van der Waals surface area contributed by atoms with Crippen LogP contribution < -0.4 is 0 Å². The highest BCUT2D eigenvalue weighted by Gasteiger charge is 2.09. The summed E-state index contributed by atoms with van der Waals surface area (Å²) in [6.45, 7) is 10.9. The second-order valence-electron chi connectivity index (χ2n) is 5.98. The van der Waals surface area contributed by atoms with Crippen molar-refractivity contribution >= 4 is 16.8 Å². The molecule has 1 atom stereocenters. The molecule has 0 spiro atoms.